The van der Waals surface area contributed by atoms with Gasteiger partial charge in [-0.05, 0) is 12.0 Å². The first kappa shape index (κ1) is 29.8. The Labute approximate surface area is 195 Å². The van der Waals surface area contributed by atoms with Gasteiger partial charge in [0, 0.05) is 12.0 Å². The number of carbonyl (C=O) groups excluding carboxylic acids is 1. The molecule has 0 spiro atoms. The van der Waals surface area contributed by atoms with Gasteiger partial charge < -0.3 is 20.1 Å². The first-order chi connectivity index (χ1) is 15.5. The smallest absolute Gasteiger partial charge is 0.336 e. The lowest BCUT2D eigenvalue weighted by Crippen LogP contribution is -2.18. The summed E-state index contributed by atoms with van der Waals surface area (Å²) < 4.78 is 5.14. The lowest BCUT2D eigenvalue weighted by atomic mass is 9.91. The molecular formula is C25H36O8. The van der Waals surface area contributed by atoms with E-state index < -0.39 is 52.6 Å². The van der Waals surface area contributed by atoms with Crippen LogP contribution in [0, 0.1) is 0 Å². The van der Waals surface area contributed by atoms with Crippen LogP contribution in [0.25, 0.3) is 0 Å². The Kier molecular flexibility index (Phi) is 14.9. The Bertz CT molecular complexity index is 788. The summed E-state index contributed by atoms with van der Waals surface area (Å²) >= 11 is 0. The Hall–Kier alpha value is -3.16. The largest absolute Gasteiger partial charge is 0.478 e. The number of carbonyl (C=O) groups is 4. The SMILES string of the molecule is C=C(CC(C(=C)C(=O)O)=C(C(=C)C(=O)O)C(=O)O)C(=O)OCCCCCCCCCCCC. The van der Waals surface area contributed by atoms with Crippen molar-refractivity contribution < 1.29 is 39.2 Å². The van der Waals surface area contributed by atoms with Crippen LogP contribution < -0.4 is 0 Å². The zero-order chi connectivity index (χ0) is 25.4. The van der Waals surface area contributed by atoms with Gasteiger partial charge in [-0.25, -0.2) is 19.2 Å². The van der Waals surface area contributed by atoms with Crippen LogP contribution in [0.2, 0.25) is 0 Å². The van der Waals surface area contributed by atoms with Crippen LogP contribution >= 0.6 is 0 Å². The highest BCUT2D eigenvalue weighted by Gasteiger charge is 2.27. The second-order valence-corrected chi connectivity index (χ2v) is 7.82. The van der Waals surface area contributed by atoms with Gasteiger partial charge in [0.05, 0.1) is 23.3 Å². The Balaban J connectivity index is 4.77. The van der Waals surface area contributed by atoms with Crippen molar-refractivity contribution in [2.24, 2.45) is 0 Å². The lowest BCUT2D eigenvalue weighted by Gasteiger charge is -2.14. The molecule has 0 aromatic carbocycles. The molecule has 0 aliphatic heterocycles. The van der Waals surface area contributed by atoms with E-state index in [4.69, 9.17) is 9.84 Å². The highest BCUT2D eigenvalue weighted by Crippen LogP contribution is 2.26. The van der Waals surface area contributed by atoms with Gasteiger partial charge in [0.1, 0.15) is 0 Å². The van der Waals surface area contributed by atoms with Gasteiger partial charge in [0.2, 0.25) is 0 Å². The van der Waals surface area contributed by atoms with Crippen molar-refractivity contribution in [1.29, 1.82) is 0 Å². The molecule has 0 amide bonds. The van der Waals surface area contributed by atoms with Crippen LogP contribution in [0.5, 0.6) is 0 Å². The van der Waals surface area contributed by atoms with Gasteiger partial charge >= 0.3 is 23.9 Å². The van der Waals surface area contributed by atoms with E-state index in [0.29, 0.717) is 6.42 Å². The minimum atomic E-state index is -1.70. The third-order valence-electron chi connectivity index (χ3n) is 5.11. The summed E-state index contributed by atoms with van der Waals surface area (Å²) in [5, 5.41) is 27.7. The molecular weight excluding hydrogens is 428 g/mol. The van der Waals surface area contributed by atoms with Crippen molar-refractivity contribution in [2.75, 3.05) is 6.61 Å². The fourth-order valence-corrected chi connectivity index (χ4v) is 3.16. The molecule has 8 nitrogen and oxygen atoms in total. The number of hydrogen-bond donors (Lipinski definition) is 3. The van der Waals surface area contributed by atoms with Crippen LogP contribution in [0.1, 0.15) is 77.6 Å². The van der Waals surface area contributed by atoms with Gasteiger partial charge in [-0.15, -0.1) is 0 Å². The standard InChI is InChI=1S/C25H36O8/c1-5-6-7-8-9-10-11-12-13-14-15-33-25(32)17(2)16-20(18(3)22(26)27)21(24(30)31)19(4)23(28)29/h2-16H2,1H3,(H,26,27)(H,28,29)(H,30,31). The van der Waals surface area contributed by atoms with Crippen LogP contribution in [-0.2, 0) is 23.9 Å². The number of esters is 1. The molecule has 0 saturated heterocycles. The number of rotatable bonds is 19. The van der Waals surface area contributed by atoms with Gasteiger partial charge in [-0.3, -0.25) is 0 Å². The van der Waals surface area contributed by atoms with Crippen molar-refractivity contribution in [2.45, 2.75) is 77.6 Å². The average Bonchev–Trinajstić information content (AvgIpc) is 2.75. The second kappa shape index (κ2) is 16.5. The van der Waals surface area contributed by atoms with E-state index in [1.165, 1.54) is 38.5 Å². The molecule has 0 rings (SSSR count). The van der Waals surface area contributed by atoms with Crippen molar-refractivity contribution in [1.82, 2.24) is 0 Å². The van der Waals surface area contributed by atoms with E-state index in [1.54, 1.807) is 0 Å². The Morgan fingerprint density at radius 1 is 0.667 bits per heavy atom. The molecule has 0 aromatic heterocycles. The minimum absolute atomic E-state index is 0.154. The summed E-state index contributed by atoms with van der Waals surface area (Å²) in [5.74, 6) is -5.72. The molecule has 0 fully saturated rings. The van der Waals surface area contributed by atoms with Crippen LogP contribution in [0.15, 0.2) is 47.6 Å². The maximum absolute atomic E-state index is 12.2. The minimum Gasteiger partial charge on any atom is -0.478 e. The van der Waals surface area contributed by atoms with E-state index in [-0.39, 0.29) is 12.2 Å². The predicted octanol–water partition coefficient (Wildman–Crippen LogP) is 5.06. The van der Waals surface area contributed by atoms with Crippen LogP contribution in [0.3, 0.4) is 0 Å². The number of unbranched alkanes of at least 4 members (excludes halogenated alkanes) is 9. The molecule has 33 heavy (non-hydrogen) atoms. The molecule has 3 N–H and O–H groups in total. The Morgan fingerprint density at radius 3 is 1.55 bits per heavy atom. The summed E-state index contributed by atoms with van der Waals surface area (Å²) in [6.07, 6.45) is 10.7. The van der Waals surface area contributed by atoms with Crippen molar-refractivity contribution in [3.05, 3.63) is 47.6 Å². The predicted molar refractivity (Wildman–Crippen MR) is 125 cm³/mol. The molecule has 0 heterocycles. The van der Waals surface area contributed by atoms with Crippen molar-refractivity contribution in [3.63, 3.8) is 0 Å². The topological polar surface area (TPSA) is 138 Å². The lowest BCUT2D eigenvalue weighted by molar-refractivity contribution is -0.139. The van der Waals surface area contributed by atoms with E-state index in [9.17, 15) is 29.4 Å². The highest BCUT2D eigenvalue weighted by atomic mass is 16.5. The average molecular weight is 465 g/mol. The third kappa shape index (κ3) is 11.9. The maximum atomic E-state index is 12.2. The maximum Gasteiger partial charge on any atom is 0.336 e. The van der Waals surface area contributed by atoms with Crippen LogP contribution in [-0.4, -0.2) is 45.8 Å². The van der Waals surface area contributed by atoms with Crippen molar-refractivity contribution >= 4 is 23.9 Å². The number of carboxylic acid groups (broad SMARTS) is 3. The molecule has 0 radical (unpaired) electrons. The summed E-state index contributed by atoms with van der Waals surface area (Å²) in [6.45, 7) is 12.4. The number of aliphatic carboxylic acids is 3. The first-order valence-corrected chi connectivity index (χ1v) is 11.2. The van der Waals surface area contributed by atoms with Crippen molar-refractivity contribution in [3.8, 4) is 0 Å². The van der Waals surface area contributed by atoms with Gasteiger partial charge in [-0.1, -0.05) is 84.4 Å². The molecule has 0 unspecified atom stereocenters. The van der Waals surface area contributed by atoms with E-state index >= 15 is 0 Å². The molecule has 8 heteroatoms. The molecule has 0 aliphatic carbocycles. The summed E-state index contributed by atoms with van der Waals surface area (Å²) in [4.78, 5) is 46.4. The quantitative estimate of drug-likeness (QED) is 0.104. The van der Waals surface area contributed by atoms with Gasteiger partial charge in [0.15, 0.2) is 0 Å². The number of hydrogen-bond acceptors (Lipinski definition) is 5. The third-order valence-corrected chi connectivity index (χ3v) is 5.11. The molecule has 0 atom stereocenters. The monoisotopic (exact) mass is 464 g/mol. The molecule has 0 bridgehead atoms. The number of ether oxygens (including phenoxy) is 1. The highest BCUT2D eigenvalue weighted by molar-refractivity contribution is 6.08. The summed E-state index contributed by atoms with van der Waals surface area (Å²) in [6, 6.07) is 0. The fourth-order valence-electron chi connectivity index (χ4n) is 3.16. The first-order valence-electron chi connectivity index (χ1n) is 11.2. The van der Waals surface area contributed by atoms with E-state index in [2.05, 4.69) is 26.7 Å². The Morgan fingerprint density at radius 2 is 1.12 bits per heavy atom. The fraction of sp³-hybridized carbons (Fsp3) is 0.520. The summed E-state index contributed by atoms with van der Waals surface area (Å²) in [7, 11) is 0. The second-order valence-electron chi connectivity index (χ2n) is 7.82. The number of carboxylic acids is 3. The van der Waals surface area contributed by atoms with E-state index in [0.717, 1.165) is 19.3 Å². The molecule has 0 aromatic rings. The summed E-state index contributed by atoms with van der Waals surface area (Å²) in [5.41, 5.74) is -3.02. The van der Waals surface area contributed by atoms with Gasteiger partial charge in [0.25, 0.3) is 0 Å². The molecule has 184 valence electrons. The van der Waals surface area contributed by atoms with Gasteiger partial charge in [-0.2, -0.15) is 0 Å². The normalized spacial score (nSPS) is 11.3. The molecule has 0 aliphatic rings. The zero-order valence-electron chi connectivity index (χ0n) is 19.5. The zero-order valence-corrected chi connectivity index (χ0v) is 19.5. The van der Waals surface area contributed by atoms with E-state index in [1.807, 2.05) is 0 Å². The van der Waals surface area contributed by atoms with Crippen LogP contribution in [0.4, 0.5) is 0 Å². The molecule has 0 saturated carbocycles.